The summed E-state index contributed by atoms with van der Waals surface area (Å²) in [6, 6.07) is 0. The summed E-state index contributed by atoms with van der Waals surface area (Å²) in [5, 5.41) is 17.7. The second-order valence-electron chi connectivity index (χ2n) is 11.0. The largest absolute Gasteiger partial charge is 0.390 e. The molecule has 3 fully saturated rings. The quantitative estimate of drug-likeness (QED) is 0.298. The SMILES string of the molecule is C=C1CCCC/C1=C/C=C1\CCCC2(C)C(CCCCC(C)(C)O)CCC12.NCOCO. The zero-order chi connectivity index (χ0) is 23.6. The van der Waals surface area contributed by atoms with Crippen LogP contribution in [0.15, 0.2) is 35.5 Å². The molecule has 0 aromatic rings. The first-order valence-corrected chi connectivity index (χ1v) is 12.9. The van der Waals surface area contributed by atoms with Gasteiger partial charge in [0.15, 0.2) is 0 Å². The highest BCUT2D eigenvalue weighted by molar-refractivity contribution is 5.35. The van der Waals surface area contributed by atoms with Crippen molar-refractivity contribution in [2.45, 2.75) is 110 Å². The normalized spacial score (nSPS) is 30.9. The van der Waals surface area contributed by atoms with Crippen molar-refractivity contribution in [2.75, 3.05) is 13.5 Å². The van der Waals surface area contributed by atoms with Crippen LogP contribution >= 0.6 is 0 Å². The second-order valence-corrected chi connectivity index (χ2v) is 11.0. The smallest absolute Gasteiger partial charge is 0.145 e. The van der Waals surface area contributed by atoms with Crippen LogP contribution in [-0.4, -0.2) is 29.3 Å². The number of allylic oxidation sites excluding steroid dienone is 5. The van der Waals surface area contributed by atoms with Gasteiger partial charge in [-0.05, 0) is 107 Å². The molecule has 3 rings (SSSR count). The van der Waals surface area contributed by atoms with Crippen molar-refractivity contribution in [1.82, 2.24) is 0 Å². The molecule has 0 heterocycles. The van der Waals surface area contributed by atoms with Crippen molar-refractivity contribution < 1.29 is 14.9 Å². The van der Waals surface area contributed by atoms with Crippen LogP contribution in [0.3, 0.4) is 0 Å². The van der Waals surface area contributed by atoms with E-state index < -0.39 is 5.60 Å². The van der Waals surface area contributed by atoms with E-state index in [0.717, 1.165) is 24.7 Å². The van der Waals surface area contributed by atoms with Crippen LogP contribution in [0, 0.1) is 17.3 Å². The number of aliphatic hydroxyl groups excluding tert-OH is 1. The first-order valence-electron chi connectivity index (χ1n) is 12.9. The van der Waals surface area contributed by atoms with E-state index in [1.54, 1.807) is 5.57 Å². The van der Waals surface area contributed by atoms with Gasteiger partial charge in [0, 0.05) is 0 Å². The third-order valence-corrected chi connectivity index (χ3v) is 8.09. The summed E-state index contributed by atoms with van der Waals surface area (Å²) in [4.78, 5) is 0. The number of hydrogen-bond donors (Lipinski definition) is 3. The maximum Gasteiger partial charge on any atom is 0.145 e. The molecule has 3 saturated carbocycles. The number of unbranched alkanes of at least 4 members (excludes halogenated alkanes) is 1. The number of rotatable bonds is 8. The monoisotopic (exact) mass is 447 g/mol. The molecule has 3 atom stereocenters. The lowest BCUT2D eigenvalue weighted by atomic mass is 9.62. The van der Waals surface area contributed by atoms with Crippen molar-refractivity contribution in [3.8, 4) is 0 Å². The minimum Gasteiger partial charge on any atom is -0.390 e. The molecule has 4 nitrogen and oxygen atoms in total. The van der Waals surface area contributed by atoms with Gasteiger partial charge in [0.1, 0.15) is 6.79 Å². The summed E-state index contributed by atoms with van der Waals surface area (Å²) in [7, 11) is 0. The van der Waals surface area contributed by atoms with E-state index >= 15 is 0 Å². The van der Waals surface area contributed by atoms with Crippen molar-refractivity contribution in [2.24, 2.45) is 23.0 Å². The molecule has 0 aromatic heterocycles. The van der Waals surface area contributed by atoms with E-state index in [1.807, 2.05) is 13.8 Å². The summed E-state index contributed by atoms with van der Waals surface area (Å²) in [6.45, 7) is 10.6. The fraction of sp³-hybridized carbons (Fsp3) is 0.786. The van der Waals surface area contributed by atoms with E-state index in [-0.39, 0.29) is 13.5 Å². The fourth-order valence-corrected chi connectivity index (χ4v) is 6.22. The fourth-order valence-electron chi connectivity index (χ4n) is 6.22. The molecule has 184 valence electrons. The highest BCUT2D eigenvalue weighted by Crippen LogP contribution is 2.58. The van der Waals surface area contributed by atoms with Crippen LogP contribution < -0.4 is 5.73 Å². The molecule has 0 spiro atoms. The Labute approximate surface area is 197 Å². The zero-order valence-electron chi connectivity index (χ0n) is 21.0. The van der Waals surface area contributed by atoms with Gasteiger partial charge >= 0.3 is 0 Å². The molecule has 0 radical (unpaired) electrons. The molecule has 0 bridgehead atoms. The molecule has 4 heteroatoms. The summed E-state index contributed by atoms with van der Waals surface area (Å²) in [6.07, 6.45) is 21.6. The Hall–Kier alpha value is -0.940. The van der Waals surface area contributed by atoms with Crippen LogP contribution in [0.1, 0.15) is 104 Å². The molecule has 3 unspecified atom stereocenters. The predicted molar refractivity (Wildman–Crippen MR) is 134 cm³/mol. The average molecular weight is 448 g/mol. The van der Waals surface area contributed by atoms with Crippen molar-refractivity contribution in [1.29, 1.82) is 0 Å². The molecule has 0 amide bonds. The summed E-state index contributed by atoms with van der Waals surface area (Å²) < 4.78 is 4.17. The van der Waals surface area contributed by atoms with E-state index in [2.05, 4.69) is 30.4 Å². The number of hydrogen-bond acceptors (Lipinski definition) is 4. The lowest BCUT2D eigenvalue weighted by Crippen LogP contribution is -2.33. The zero-order valence-corrected chi connectivity index (χ0v) is 21.0. The number of aliphatic hydroxyl groups is 2. The highest BCUT2D eigenvalue weighted by Gasteiger charge is 2.48. The predicted octanol–water partition coefficient (Wildman–Crippen LogP) is 6.39. The second kappa shape index (κ2) is 13.1. The minimum absolute atomic E-state index is 0.0938. The number of nitrogens with two attached hydrogens (primary N) is 1. The van der Waals surface area contributed by atoms with Crippen LogP contribution in [0.2, 0.25) is 0 Å². The molecule has 3 aliphatic rings. The van der Waals surface area contributed by atoms with Crippen LogP contribution in [-0.2, 0) is 4.74 Å². The molecule has 3 aliphatic carbocycles. The molecule has 0 saturated heterocycles. The Balaban J connectivity index is 0.000000654. The van der Waals surface area contributed by atoms with E-state index in [9.17, 15) is 5.11 Å². The number of fused-ring (bicyclic) bond motifs is 1. The topological polar surface area (TPSA) is 75.7 Å². The Bertz CT molecular complexity index is 644. The van der Waals surface area contributed by atoms with E-state index in [0.29, 0.717) is 5.41 Å². The average Bonchev–Trinajstić information content (AvgIpc) is 3.08. The Kier molecular flexibility index (Phi) is 11.2. The van der Waals surface area contributed by atoms with Gasteiger partial charge in [0.2, 0.25) is 0 Å². The van der Waals surface area contributed by atoms with Gasteiger partial charge in [-0.1, -0.05) is 49.6 Å². The molecule has 0 aromatic carbocycles. The Morgan fingerprint density at radius 1 is 1.12 bits per heavy atom. The van der Waals surface area contributed by atoms with Crippen molar-refractivity contribution in [3.63, 3.8) is 0 Å². The van der Waals surface area contributed by atoms with E-state index in [4.69, 9.17) is 10.8 Å². The highest BCUT2D eigenvalue weighted by atomic mass is 16.6. The maximum atomic E-state index is 9.95. The molecule has 4 N–H and O–H groups in total. The molecular formula is C28H49NO3. The first-order chi connectivity index (χ1) is 15.2. The van der Waals surface area contributed by atoms with Crippen LogP contribution in [0.5, 0.6) is 0 Å². The third-order valence-electron chi connectivity index (χ3n) is 8.09. The summed E-state index contributed by atoms with van der Waals surface area (Å²) in [5.41, 5.74) is 9.40. The Morgan fingerprint density at radius 3 is 2.50 bits per heavy atom. The standard InChI is InChI=1S/C26H42O.C2H7NO2/c1-20-10-5-6-11-21(20)14-15-22-12-9-19-26(4)23(16-17-24(22)26)13-7-8-18-25(2,3)27;3-1-5-2-4/h14-15,23-24,27H,1,5-13,16-19H2,2-4H3;4H,1-3H2/b21-14-,22-15+;. The van der Waals surface area contributed by atoms with Crippen LogP contribution in [0.25, 0.3) is 0 Å². The lowest BCUT2D eigenvalue weighted by Gasteiger charge is -2.42. The lowest BCUT2D eigenvalue weighted by molar-refractivity contribution is 0.00195. The first kappa shape index (κ1) is 27.3. The Morgan fingerprint density at radius 2 is 1.88 bits per heavy atom. The van der Waals surface area contributed by atoms with Crippen molar-refractivity contribution in [3.05, 3.63) is 35.5 Å². The van der Waals surface area contributed by atoms with Crippen LogP contribution in [0.4, 0.5) is 0 Å². The summed E-state index contributed by atoms with van der Waals surface area (Å²) >= 11 is 0. The van der Waals surface area contributed by atoms with Gasteiger partial charge < -0.3 is 20.7 Å². The molecule has 32 heavy (non-hydrogen) atoms. The minimum atomic E-state index is -0.501. The van der Waals surface area contributed by atoms with Gasteiger partial charge in [-0.2, -0.15) is 0 Å². The van der Waals surface area contributed by atoms with Gasteiger partial charge in [0.25, 0.3) is 0 Å². The van der Waals surface area contributed by atoms with Crippen molar-refractivity contribution >= 4 is 0 Å². The maximum absolute atomic E-state index is 9.95. The summed E-state index contributed by atoms with van der Waals surface area (Å²) in [5.74, 6) is 1.68. The molecule has 0 aliphatic heterocycles. The van der Waals surface area contributed by atoms with E-state index in [1.165, 1.54) is 81.8 Å². The van der Waals surface area contributed by atoms with Gasteiger partial charge in [-0.3, -0.25) is 0 Å². The molecular weight excluding hydrogens is 398 g/mol. The van der Waals surface area contributed by atoms with Gasteiger partial charge in [-0.15, -0.1) is 0 Å². The van der Waals surface area contributed by atoms with Gasteiger partial charge in [0.05, 0.1) is 12.3 Å². The number of ether oxygens (including phenoxy) is 1. The third kappa shape index (κ3) is 8.13. The van der Waals surface area contributed by atoms with Gasteiger partial charge in [-0.25, -0.2) is 0 Å².